The molecule has 0 radical (unpaired) electrons. The van der Waals surface area contributed by atoms with E-state index in [-0.39, 0.29) is 17.9 Å². The fourth-order valence-corrected chi connectivity index (χ4v) is 2.76. The minimum Gasteiger partial charge on any atom is -0.497 e. The number of hydrogen-bond acceptors (Lipinski definition) is 3. The highest BCUT2D eigenvalue weighted by molar-refractivity contribution is 5.96. The zero-order valence-corrected chi connectivity index (χ0v) is 12.9. The van der Waals surface area contributed by atoms with E-state index in [0.29, 0.717) is 6.42 Å². The van der Waals surface area contributed by atoms with Crippen molar-refractivity contribution in [3.05, 3.63) is 29.8 Å². The normalized spacial score (nSPS) is 23.7. The molecular weight excluding hydrogens is 268 g/mol. The van der Waals surface area contributed by atoms with E-state index in [4.69, 9.17) is 4.74 Å². The molecule has 0 saturated carbocycles. The second kappa shape index (κ2) is 6.16. The van der Waals surface area contributed by atoms with Gasteiger partial charge in [-0.1, -0.05) is 19.1 Å². The van der Waals surface area contributed by atoms with Gasteiger partial charge in [-0.2, -0.15) is 0 Å². The van der Waals surface area contributed by atoms with E-state index in [9.17, 15) is 9.59 Å². The van der Waals surface area contributed by atoms with Crippen molar-refractivity contribution >= 4 is 11.8 Å². The summed E-state index contributed by atoms with van der Waals surface area (Å²) in [7, 11) is 1.62. The maximum absolute atomic E-state index is 12.5. The van der Waals surface area contributed by atoms with Crippen molar-refractivity contribution in [3.63, 3.8) is 0 Å². The van der Waals surface area contributed by atoms with E-state index in [1.807, 2.05) is 38.1 Å². The van der Waals surface area contributed by atoms with Crippen LogP contribution in [-0.4, -0.2) is 35.9 Å². The largest absolute Gasteiger partial charge is 0.497 e. The first kappa shape index (κ1) is 15.4. The molecule has 1 aromatic carbocycles. The van der Waals surface area contributed by atoms with Crippen LogP contribution in [0, 0.1) is 0 Å². The molecule has 2 amide bonds. The van der Waals surface area contributed by atoms with Gasteiger partial charge >= 0.3 is 0 Å². The lowest BCUT2D eigenvalue weighted by Crippen LogP contribution is -2.62. The number of rotatable bonds is 4. The molecule has 1 heterocycles. The van der Waals surface area contributed by atoms with Crippen molar-refractivity contribution in [2.24, 2.45) is 0 Å². The molecular formula is C16H22N2O3. The van der Waals surface area contributed by atoms with Crippen molar-refractivity contribution < 1.29 is 14.3 Å². The SMILES string of the molecule is CCC1C(=O)NC(C)C(=O)N1C(C)c1ccc(OC)cc1. The summed E-state index contributed by atoms with van der Waals surface area (Å²) in [6.07, 6.45) is 0.602. The fourth-order valence-electron chi connectivity index (χ4n) is 2.76. The second-order valence-electron chi connectivity index (χ2n) is 5.35. The molecule has 1 N–H and O–H groups in total. The molecule has 0 aromatic heterocycles. The van der Waals surface area contributed by atoms with Crippen molar-refractivity contribution in [2.45, 2.75) is 45.3 Å². The summed E-state index contributed by atoms with van der Waals surface area (Å²) in [5.41, 5.74) is 0.990. The lowest BCUT2D eigenvalue weighted by Gasteiger charge is -2.41. The number of carbonyl (C=O) groups is 2. The van der Waals surface area contributed by atoms with Gasteiger partial charge < -0.3 is 15.0 Å². The van der Waals surface area contributed by atoms with Crippen LogP contribution in [0.15, 0.2) is 24.3 Å². The number of carbonyl (C=O) groups excluding carboxylic acids is 2. The second-order valence-corrected chi connectivity index (χ2v) is 5.35. The zero-order chi connectivity index (χ0) is 15.6. The Hall–Kier alpha value is -2.04. The zero-order valence-electron chi connectivity index (χ0n) is 12.9. The fraction of sp³-hybridized carbons (Fsp3) is 0.500. The molecule has 1 aliphatic heterocycles. The Balaban J connectivity index is 2.30. The summed E-state index contributed by atoms with van der Waals surface area (Å²) in [4.78, 5) is 26.3. The molecule has 1 saturated heterocycles. The van der Waals surface area contributed by atoms with Crippen LogP contribution in [0.1, 0.15) is 38.8 Å². The van der Waals surface area contributed by atoms with Crippen molar-refractivity contribution in [3.8, 4) is 5.75 Å². The summed E-state index contributed by atoms with van der Waals surface area (Å²) >= 11 is 0. The molecule has 0 bridgehead atoms. The highest BCUT2D eigenvalue weighted by Crippen LogP contribution is 2.28. The number of piperazine rings is 1. The van der Waals surface area contributed by atoms with Crippen LogP contribution >= 0.6 is 0 Å². The van der Waals surface area contributed by atoms with E-state index >= 15 is 0 Å². The van der Waals surface area contributed by atoms with Gasteiger partial charge in [-0.25, -0.2) is 0 Å². The minimum absolute atomic E-state index is 0.0373. The van der Waals surface area contributed by atoms with Crippen LogP contribution in [-0.2, 0) is 9.59 Å². The van der Waals surface area contributed by atoms with E-state index < -0.39 is 12.1 Å². The quantitative estimate of drug-likeness (QED) is 0.921. The molecule has 1 aromatic rings. The molecule has 1 aliphatic rings. The average molecular weight is 290 g/mol. The van der Waals surface area contributed by atoms with Gasteiger partial charge in [-0.05, 0) is 38.0 Å². The van der Waals surface area contributed by atoms with Gasteiger partial charge in [0.1, 0.15) is 17.8 Å². The summed E-state index contributed by atoms with van der Waals surface area (Å²) in [5.74, 6) is 0.656. The van der Waals surface area contributed by atoms with Crippen LogP contribution in [0.25, 0.3) is 0 Å². The maximum atomic E-state index is 12.5. The average Bonchev–Trinajstić information content (AvgIpc) is 2.50. The Morgan fingerprint density at radius 1 is 1.29 bits per heavy atom. The number of nitrogens with one attached hydrogen (secondary N) is 1. The van der Waals surface area contributed by atoms with Crippen LogP contribution in [0.3, 0.4) is 0 Å². The smallest absolute Gasteiger partial charge is 0.246 e. The van der Waals surface area contributed by atoms with Gasteiger partial charge in [0.15, 0.2) is 0 Å². The molecule has 5 nitrogen and oxygen atoms in total. The molecule has 0 spiro atoms. The highest BCUT2D eigenvalue weighted by atomic mass is 16.5. The van der Waals surface area contributed by atoms with Crippen molar-refractivity contribution in [2.75, 3.05) is 7.11 Å². The molecule has 114 valence electrons. The predicted octanol–water partition coefficient (Wildman–Crippen LogP) is 1.88. The van der Waals surface area contributed by atoms with Gasteiger partial charge in [-0.15, -0.1) is 0 Å². The van der Waals surface area contributed by atoms with Crippen molar-refractivity contribution in [1.82, 2.24) is 10.2 Å². The Labute approximate surface area is 125 Å². The molecule has 5 heteroatoms. The predicted molar refractivity (Wildman–Crippen MR) is 79.9 cm³/mol. The van der Waals surface area contributed by atoms with Crippen LogP contribution in [0.5, 0.6) is 5.75 Å². The first-order chi connectivity index (χ1) is 9.99. The van der Waals surface area contributed by atoms with E-state index in [1.54, 1.807) is 18.9 Å². The molecule has 21 heavy (non-hydrogen) atoms. The Bertz CT molecular complexity index is 527. The minimum atomic E-state index is -0.471. The van der Waals surface area contributed by atoms with Crippen LogP contribution in [0.4, 0.5) is 0 Å². The Kier molecular flexibility index (Phi) is 4.50. The van der Waals surface area contributed by atoms with Gasteiger partial charge in [0.2, 0.25) is 11.8 Å². The van der Waals surface area contributed by atoms with Crippen LogP contribution in [0.2, 0.25) is 0 Å². The number of amides is 2. The van der Waals surface area contributed by atoms with Crippen molar-refractivity contribution in [1.29, 1.82) is 0 Å². The number of ether oxygens (including phenoxy) is 1. The number of benzene rings is 1. The standard InChI is InChI=1S/C16H22N2O3/c1-5-14-15(19)17-10(2)16(20)18(14)11(3)12-6-8-13(21-4)9-7-12/h6-11,14H,5H2,1-4H3,(H,17,19). The topological polar surface area (TPSA) is 58.6 Å². The number of methoxy groups -OCH3 is 1. The first-order valence-corrected chi connectivity index (χ1v) is 7.26. The van der Waals surface area contributed by atoms with Gasteiger partial charge in [-0.3, -0.25) is 9.59 Å². The lowest BCUT2D eigenvalue weighted by atomic mass is 9.99. The number of hydrogen-bond donors (Lipinski definition) is 1. The summed E-state index contributed by atoms with van der Waals surface area (Å²) in [6, 6.07) is 6.56. The first-order valence-electron chi connectivity index (χ1n) is 7.26. The molecule has 2 rings (SSSR count). The van der Waals surface area contributed by atoms with Gasteiger partial charge in [0, 0.05) is 0 Å². The van der Waals surface area contributed by atoms with E-state index in [1.165, 1.54) is 0 Å². The Morgan fingerprint density at radius 3 is 2.43 bits per heavy atom. The lowest BCUT2D eigenvalue weighted by molar-refractivity contribution is -0.151. The molecule has 3 atom stereocenters. The Morgan fingerprint density at radius 2 is 1.90 bits per heavy atom. The third-order valence-electron chi connectivity index (χ3n) is 4.02. The van der Waals surface area contributed by atoms with Gasteiger partial charge in [0.25, 0.3) is 0 Å². The summed E-state index contributed by atoms with van der Waals surface area (Å²) in [5, 5.41) is 2.73. The monoisotopic (exact) mass is 290 g/mol. The van der Waals surface area contributed by atoms with E-state index in [0.717, 1.165) is 11.3 Å². The third-order valence-corrected chi connectivity index (χ3v) is 4.02. The molecule has 3 unspecified atom stereocenters. The van der Waals surface area contributed by atoms with Crippen LogP contribution < -0.4 is 10.1 Å². The highest BCUT2D eigenvalue weighted by Gasteiger charge is 2.40. The summed E-state index contributed by atoms with van der Waals surface area (Å²) < 4.78 is 5.15. The molecule has 0 aliphatic carbocycles. The van der Waals surface area contributed by atoms with Gasteiger partial charge in [0.05, 0.1) is 13.2 Å². The third kappa shape index (κ3) is 2.86. The summed E-state index contributed by atoms with van der Waals surface area (Å²) in [6.45, 7) is 5.59. The maximum Gasteiger partial charge on any atom is 0.246 e. The number of nitrogens with zero attached hydrogens (tertiary/aromatic N) is 1. The van der Waals surface area contributed by atoms with E-state index in [2.05, 4.69) is 5.32 Å². The molecule has 1 fully saturated rings.